The van der Waals surface area contributed by atoms with Crippen molar-refractivity contribution in [1.29, 1.82) is 0 Å². The van der Waals surface area contributed by atoms with Gasteiger partial charge in [-0.2, -0.15) is 0 Å². The molecule has 0 unspecified atom stereocenters. The van der Waals surface area contributed by atoms with Crippen LogP contribution in [0.25, 0.3) is 0 Å². The minimum absolute atomic E-state index is 0.00227. The Morgan fingerprint density at radius 2 is 2.21 bits per heavy atom. The highest BCUT2D eigenvalue weighted by Crippen LogP contribution is 2.08. The zero-order chi connectivity index (χ0) is 10.6. The highest BCUT2D eigenvalue weighted by atomic mass is 16.1. The van der Waals surface area contributed by atoms with Crippen LogP contribution in [0.3, 0.4) is 0 Å². The van der Waals surface area contributed by atoms with E-state index in [0.717, 1.165) is 17.6 Å². The lowest BCUT2D eigenvalue weighted by Gasteiger charge is -2.02. The Bertz CT molecular complexity index is 362. The van der Waals surface area contributed by atoms with Gasteiger partial charge in [0.15, 0.2) is 0 Å². The van der Waals surface area contributed by atoms with Gasteiger partial charge in [0.05, 0.1) is 0 Å². The topological polar surface area (TPSA) is 30.0 Å². The van der Waals surface area contributed by atoms with Crippen molar-refractivity contribution in [3.8, 4) is 0 Å². The first-order valence-corrected chi connectivity index (χ1v) is 4.78. The van der Waals surface area contributed by atoms with Crippen LogP contribution in [0.4, 0.5) is 0 Å². The van der Waals surface area contributed by atoms with Crippen LogP contribution in [0.2, 0.25) is 0 Å². The zero-order valence-electron chi connectivity index (χ0n) is 8.87. The third-order valence-electron chi connectivity index (χ3n) is 1.93. The first-order valence-electron chi connectivity index (χ1n) is 4.78. The largest absolute Gasteiger partial charge is 0.288 e. The molecule has 0 N–H and O–H groups in total. The molecule has 0 bridgehead atoms. The van der Waals surface area contributed by atoms with E-state index in [1.54, 1.807) is 12.3 Å². The number of allylic oxidation sites excluding steroid dienone is 2. The summed E-state index contributed by atoms with van der Waals surface area (Å²) in [5, 5.41) is 0. The van der Waals surface area contributed by atoms with Crippen LogP contribution in [0.15, 0.2) is 30.0 Å². The van der Waals surface area contributed by atoms with Gasteiger partial charge in [-0.15, -0.1) is 0 Å². The predicted molar refractivity (Wildman–Crippen MR) is 57.4 cm³/mol. The summed E-state index contributed by atoms with van der Waals surface area (Å²) in [5.74, 6) is 0.00227. The Morgan fingerprint density at radius 1 is 1.50 bits per heavy atom. The average molecular weight is 189 g/mol. The molecule has 2 nitrogen and oxygen atoms in total. The Morgan fingerprint density at radius 3 is 2.79 bits per heavy atom. The van der Waals surface area contributed by atoms with Crippen LogP contribution in [0, 0.1) is 0 Å². The lowest BCUT2D eigenvalue weighted by Crippen LogP contribution is -2.03. The molecule has 1 aromatic heterocycles. The van der Waals surface area contributed by atoms with Crippen molar-refractivity contribution < 1.29 is 4.79 Å². The molecule has 1 heterocycles. The number of rotatable bonds is 3. The Kier molecular flexibility index (Phi) is 3.57. The molecule has 0 aliphatic rings. The second kappa shape index (κ2) is 4.70. The summed E-state index contributed by atoms with van der Waals surface area (Å²) in [4.78, 5) is 15.8. The number of ketones is 1. The van der Waals surface area contributed by atoms with Gasteiger partial charge >= 0.3 is 0 Å². The van der Waals surface area contributed by atoms with Crippen LogP contribution in [-0.2, 0) is 6.42 Å². The predicted octanol–water partition coefficient (Wildman–Crippen LogP) is 2.79. The van der Waals surface area contributed by atoms with E-state index >= 15 is 0 Å². The van der Waals surface area contributed by atoms with Gasteiger partial charge in [0.2, 0.25) is 5.78 Å². The summed E-state index contributed by atoms with van der Waals surface area (Å²) in [7, 11) is 0. The van der Waals surface area contributed by atoms with Gasteiger partial charge in [0, 0.05) is 6.20 Å². The summed E-state index contributed by atoms with van der Waals surface area (Å²) >= 11 is 0. The molecule has 0 spiro atoms. The minimum atomic E-state index is 0.00227. The maximum atomic E-state index is 11.7. The molecule has 0 aliphatic carbocycles. The van der Waals surface area contributed by atoms with Crippen molar-refractivity contribution >= 4 is 5.78 Å². The fourth-order valence-electron chi connectivity index (χ4n) is 1.28. The molecule has 0 atom stereocenters. The number of carbonyl (C=O) groups is 1. The number of hydrogen-bond donors (Lipinski definition) is 0. The van der Waals surface area contributed by atoms with E-state index in [2.05, 4.69) is 4.98 Å². The quantitative estimate of drug-likeness (QED) is 0.540. The molecule has 1 rings (SSSR count). The number of nitrogens with zero attached hydrogens (tertiary/aromatic N) is 1. The number of hydrogen-bond acceptors (Lipinski definition) is 2. The third kappa shape index (κ3) is 2.52. The van der Waals surface area contributed by atoms with Crippen molar-refractivity contribution in [3.63, 3.8) is 0 Å². The van der Waals surface area contributed by atoms with Gasteiger partial charge in [-0.3, -0.25) is 9.78 Å². The zero-order valence-corrected chi connectivity index (χ0v) is 8.87. The molecular weight excluding hydrogens is 174 g/mol. The highest BCUT2D eigenvalue weighted by molar-refractivity contribution is 6.04. The SMILES string of the molecule is CCc1cccnc1C(=O)C=C(C)C. The molecular formula is C12H15NO. The fourth-order valence-corrected chi connectivity index (χ4v) is 1.28. The molecule has 0 amide bonds. The molecule has 0 radical (unpaired) electrons. The van der Waals surface area contributed by atoms with Crippen LogP contribution in [0.1, 0.15) is 36.8 Å². The van der Waals surface area contributed by atoms with E-state index in [-0.39, 0.29) is 5.78 Å². The van der Waals surface area contributed by atoms with Crippen molar-refractivity contribution in [2.45, 2.75) is 27.2 Å². The molecule has 0 aromatic carbocycles. The summed E-state index contributed by atoms with van der Waals surface area (Å²) in [5.41, 5.74) is 2.59. The van der Waals surface area contributed by atoms with Crippen molar-refractivity contribution in [2.75, 3.05) is 0 Å². The van der Waals surface area contributed by atoms with E-state index in [1.165, 1.54) is 0 Å². The summed E-state index contributed by atoms with van der Waals surface area (Å²) in [6.07, 6.45) is 4.12. The maximum Gasteiger partial charge on any atom is 0.204 e. The highest BCUT2D eigenvalue weighted by Gasteiger charge is 2.08. The number of aromatic nitrogens is 1. The second-order valence-electron chi connectivity index (χ2n) is 3.45. The van der Waals surface area contributed by atoms with Gasteiger partial charge in [-0.1, -0.05) is 18.6 Å². The van der Waals surface area contributed by atoms with Gasteiger partial charge < -0.3 is 0 Å². The summed E-state index contributed by atoms with van der Waals surface area (Å²) in [6, 6.07) is 3.80. The second-order valence-corrected chi connectivity index (χ2v) is 3.45. The van der Waals surface area contributed by atoms with Crippen LogP contribution in [0.5, 0.6) is 0 Å². The Balaban J connectivity index is 3.06. The van der Waals surface area contributed by atoms with E-state index in [0.29, 0.717) is 5.69 Å². The van der Waals surface area contributed by atoms with Crippen molar-refractivity contribution in [2.24, 2.45) is 0 Å². The summed E-state index contributed by atoms with van der Waals surface area (Å²) < 4.78 is 0. The Hall–Kier alpha value is -1.44. The molecule has 74 valence electrons. The molecule has 2 heteroatoms. The Labute approximate surface area is 84.7 Å². The van der Waals surface area contributed by atoms with Gasteiger partial charge in [-0.25, -0.2) is 0 Å². The first kappa shape index (κ1) is 10.6. The van der Waals surface area contributed by atoms with Crippen LogP contribution in [-0.4, -0.2) is 10.8 Å². The molecule has 14 heavy (non-hydrogen) atoms. The van der Waals surface area contributed by atoms with Gasteiger partial charge in [0.1, 0.15) is 5.69 Å². The number of aryl methyl sites for hydroxylation is 1. The van der Waals surface area contributed by atoms with Gasteiger partial charge in [0.25, 0.3) is 0 Å². The molecule has 0 saturated carbocycles. The van der Waals surface area contributed by atoms with E-state index in [1.807, 2.05) is 32.9 Å². The van der Waals surface area contributed by atoms with Crippen molar-refractivity contribution in [3.05, 3.63) is 41.2 Å². The number of pyridine rings is 1. The molecule has 0 fully saturated rings. The molecule has 1 aromatic rings. The third-order valence-corrected chi connectivity index (χ3v) is 1.93. The smallest absolute Gasteiger partial charge is 0.204 e. The lowest BCUT2D eigenvalue weighted by molar-refractivity contribution is 0.104. The van der Waals surface area contributed by atoms with E-state index in [9.17, 15) is 4.79 Å². The standard InChI is InChI=1S/C12H15NO/c1-4-10-6-5-7-13-12(10)11(14)8-9(2)3/h5-8H,4H2,1-3H3. The monoisotopic (exact) mass is 189 g/mol. The fraction of sp³-hybridized carbons (Fsp3) is 0.333. The lowest BCUT2D eigenvalue weighted by atomic mass is 10.1. The minimum Gasteiger partial charge on any atom is -0.288 e. The van der Waals surface area contributed by atoms with Gasteiger partial charge in [-0.05, 0) is 38.0 Å². The van der Waals surface area contributed by atoms with E-state index < -0.39 is 0 Å². The molecule has 0 aliphatic heterocycles. The average Bonchev–Trinajstić information content (AvgIpc) is 2.16. The normalized spacial score (nSPS) is 9.64. The van der Waals surface area contributed by atoms with Crippen molar-refractivity contribution in [1.82, 2.24) is 4.98 Å². The van der Waals surface area contributed by atoms with E-state index in [4.69, 9.17) is 0 Å². The van der Waals surface area contributed by atoms with Crippen LogP contribution < -0.4 is 0 Å². The summed E-state index contributed by atoms with van der Waals surface area (Å²) in [6.45, 7) is 5.84. The van der Waals surface area contributed by atoms with Crippen LogP contribution >= 0.6 is 0 Å². The first-order chi connectivity index (χ1) is 6.65. The number of carbonyl (C=O) groups excluding carboxylic acids is 1. The molecule has 0 saturated heterocycles. The maximum absolute atomic E-state index is 11.7.